The number of nitrogens with two attached hydrogens (primary N) is 1. The van der Waals surface area contributed by atoms with E-state index < -0.39 is 5.82 Å². The molecule has 4 nitrogen and oxygen atoms in total. The molecule has 0 fully saturated rings. The van der Waals surface area contributed by atoms with Crippen molar-refractivity contribution in [1.82, 2.24) is 0 Å². The van der Waals surface area contributed by atoms with Crippen LogP contribution >= 0.6 is 0 Å². The molecule has 5 heteroatoms. The van der Waals surface area contributed by atoms with Crippen LogP contribution in [0.5, 0.6) is 17.2 Å². The number of nitrogens with zero attached hydrogens (tertiary/aromatic N) is 1. The molecule has 0 saturated carbocycles. The van der Waals surface area contributed by atoms with E-state index in [1.165, 1.54) is 19.2 Å². The standard InChI is InChI=1S/C16H15FN2O2/c1-10(19)16-14(20-2)4-3-5-15(16)21-13-7-6-11(9-18)8-12(13)17/h3-8,10H,19H2,1-2H3. The maximum Gasteiger partial charge on any atom is 0.167 e. The molecule has 1 unspecified atom stereocenters. The Labute approximate surface area is 122 Å². The van der Waals surface area contributed by atoms with Crippen molar-refractivity contribution in [3.8, 4) is 23.3 Å². The summed E-state index contributed by atoms with van der Waals surface area (Å²) in [4.78, 5) is 0. The summed E-state index contributed by atoms with van der Waals surface area (Å²) in [6.45, 7) is 1.79. The van der Waals surface area contributed by atoms with Crippen molar-refractivity contribution in [3.63, 3.8) is 0 Å². The van der Waals surface area contributed by atoms with E-state index in [1.54, 1.807) is 25.1 Å². The number of halogens is 1. The molecule has 2 N–H and O–H groups in total. The molecule has 0 saturated heterocycles. The highest BCUT2D eigenvalue weighted by molar-refractivity contribution is 5.49. The van der Waals surface area contributed by atoms with Crippen LogP contribution < -0.4 is 15.2 Å². The lowest BCUT2D eigenvalue weighted by molar-refractivity contribution is 0.393. The molecule has 21 heavy (non-hydrogen) atoms. The van der Waals surface area contributed by atoms with Crippen LogP contribution in [0.1, 0.15) is 24.1 Å². The van der Waals surface area contributed by atoms with Gasteiger partial charge < -0.3 is 15.2 Å². The first-order valence-electron chi connectivity index (χ1n) is 6.36. The first-order valence-corrected chi connectivity index (χ1v) is 6.36. The molecule has 1 atom stereocenters. The number of methoxy groups -OCH3 is 1. The SMILES string of the molecule is COc1cccc(Oc2ccc(C#N)cc2F)c1C(C)N. The van der Waals surface area contributed by atoms with Gasteiger partial charge in [-0.25, -0.2) is 4.39 Å². The molecule has 2 aromatic carbocycles. The van der Waals surface area contributed by atoms with E-state index in [-0.39, 0.29) is 17.4 Å². The molecular formula is C16H15FN2O2. The Kier molecular flexibility index (Phi) is 4.41. The van der Waals surface area contributed by atoms with Gasteiger partial charge >= 0.3 is 0 Å². The van der Waals surface area contributed by atoms with Gasteiger partial charge in [-0.3, -0.25) is 0 Å². The van der Waals surface area contributed by atoms with Gasteiger partial charge in [0.15, 0.2) is 11.6 Å². The largest absolute Gasteiger partial charge is 0.496 e. The van der Waals surface area contributed by atoms with E-state index in [9.17, 15) is 4.39 Å². The van der Waals surface area contributed by atoms with Crippen molar-refractivity contribution >= 4 is 0 Å². The number of nitriles is 1. The van der Waals surface area contributed by atoms with E-state index in [4.69, 9.17) is 20.5 Å². The third-order valence-corrected chi connectivity index (χ3v) is 2.98. The van der Waals surface area contributed by atoms with E-state index in [0.717, 1.165) is 6.07 Å². The summed E-state index contributed by atoms with van der Waals surface area (Å²) in [6.07, 6.45) is 0. The third kappa shape index (κ3) is 3.12. The smallest absolute Gasteiger partial charge is 0.167 e. The average molecular weight is 286 g/mol. The first kappa shape index (κ1) is 14.8. The van der Waals surface area contributed by atoms with Crippen LogP contribution in [-0.2, 0) is 0 Å². The summed E-state index contributed by atoms with van der Waals surface area (Å²) in [5, 5.41) is 8.74. The average Bonchev–Trinajstić information content (AvgIpc) is 2.48. The summed E-state index contributed by atoms with van der Waals surface area (Å²) < 4.78 is 24.8. The summed E-state index contributed by atoms with van der Waals surface area (Å²) >= 11 is 0. The fraction of sp³-hybridized carbons (Fsp3) is 0.188. The molecular weight excluding hydrogens is 271 g/mol. The number of ether oxygens (including phenoxy) is 2. The van der Waals surface area contributed by atoms with Crippen molar-refractivity contribution in [2.24, 2.45) is 5.73 Å². The Morgan fingerprint density at radius 1 is 1.19 bits per heavy atom. The third-order valence-electron chi connectivity index (χ3n) is 2.98. The van der Waals surface area contributed by atoms with Gasteiger partial charge in [0.2, 0.25) is 0 Å². The second-order valence-electron chi connectivity index (χ2n) is 4.52. The lowest BCUT2D eigenvalue weighted by Gasteiger charge is -2.17. The molecule has 0 aliphatic carbocycles. The molecule has 0 aromatic heterocycles. The molecule has 0 amide bonds. The molecule has 0 aliphatic rings. The summed E-state index contributed by atoms with van der Waals surface area (Å²) in [7, 11) is 1.54. The van der Waals surface area contributed by atoms with Crippen molar-refractivity contribution in [2.45, 2.75) is 13.0 Å². The second kappa shape index (κ2) is 6.25. The van der Waals surface area contributed by atoms with Gasteiger partial charge in [0.25, 0.3) is 0 Å². The predicted molar refractivity (Wildman–Crippen MR) is 76.8 cm³/mol. The van der Waals surface area contributed by atoms with Crippen LogP contribution in [0.4, 0.5) is 4.39 Å². The van der Waals surface area contributed by atoms with E-state index >= 15 is 0 Å². The molecule has 0 heterocycles. The Morgan fingerprint density at radius 2 is 1.90 bits per heavy atom. The Bertz CT molecular complexity index is 693. The Balaban J connectivity index is 2.43. The van der Waals surface area contributed by atoms with Crippen LogP contribution in [-0.4, -0.2) is 7.11 Å². The van der Waals surface area contributed by atoms with E-state index in [1.807, 2.05) is 6.07 Å². The van der Waals surface area contributed by atoms with Crippen LogP contribution in [0.3, 0.4) is 0 Å². The highest BCUT2D eigenvalue weighted by Crippen LogP contribution is 2.36. The lowest BCUT2D eigenvalue weighted by Crippen LogP contribution is -2.09. The van der Waals surface area contributed by atoms with Gasteiger partial charge in [-0.2, -0.15) is 5.26 Å². The monoisotopic (exact) mass is 286 g/mol. The van der Waals surface area contributed by atoms with Crippen molar-refractivity contribution in [1.29, 1.82) is 5.26 Å². The number of hydrogen-bond donors (Lipinski definition) is 1. The summed E-state index contributed by atoms with van der Waals surface area (Å²) in [6, 6.07) is 10.8. The summed E-state index contributed by atoms with van der Waals surface area (Å²) in [5.41, 5.74) is 6.82. The lowest BCUT2D eigenvalue weighted by atomic mass is 10.1. The van der Waals surface area contributed by atoms with Crippen molar-refractivity contribution < 1.29 is 13.9 Å². The van der Waals surface area contributed by atoms with Gasteiger partial charge in [-0.1, -0.05) is 6.07 Å². The second-order valence-corrected chi connectivity index (χ2v) is 4.52. The van der Waals surface area contributed by atoms with Gasteiger partial charge in [0.05, 0.1) is 24.3 Å². The van der Waals surface area contributed by atoms with Gasteiger partial charge in [0.1, 0.15) is 11.5 Å². The van der Waals surface area contributed by atoms with E-state index in [2.05, 4.69) is 0 Å². The van der Waals surface area contributed by atoms with Gasteiger partial charge in [0, 0.05) is 6.04 Å². The first-order chi connectivity index (χ1) is 10.1. The topological polar surface area (TPSA) is 68.3 Å². The van der Waals surface area contributed by atoms with Crippen LogP contribution in [0, 0.1) is 17.1 Å². The van der Waals surface area contributed by atoms with Crippen LogP contribution in [0.2, 0.25) is 0 Å². The molecule has 0 bridgehead atoms. The fourth-order valence-corrected chi connectivity index (χ4v) is 2.01. The molecule has 0 aliphatic heterocycles. The zero-order valence-electron chi connectivity index (χ0n) is 11.8. The minimum atomic E-state index is -0.604. The molecule has 2 aromatic rings. The van der Waals surface area contributed by atoms with Crippen LogP contribution in [0.15, 0.2) is 36.4 Å². The Morgan fingerprint density at radius 3 is 2.48 bits per heavy atom. The number of benzene rings is 2. The quantitative estimate of drug-likeness (QED) is 0.933. The number of hydrogen-bond acceptors (Lipinski definition) is 4. The van der Waals surface area contributed by atoms with Crippen molar-refractivity contribution in [2.75, 3.05) is 7.11 Å². The van der Waals surface area contributed by atoms with Gasteiger partial charge in [-0.05, 0) is 37.3 Å². The van der Waals surface area contributed by atoms with Crippen molar-refractivity contribution in [3.05, 3.63) is 53.3 Å². The molecule has 0 spiro atoms. The maximum atomic E-state index is 13.9. The summed E-state index contributed by atoms with van der Waals surface area (Å²) in [5.74, 6) is 0.432. The highest BCUT2D eigenvalue weighted by atomic mass is 19.1. The molecule has 108 valence electrons. The maximum absolute atomic E-state index is 13.9. The minimum Gasteiger partial charge on any atom is -0.496 e. The van der Waals surface area contributed by atoms with E-state index in [0.29, 0.717) is 17.1 Å². The molecule has 0 radical (unpaired) electrons. The minimum absolute atomic E-state index is 0.0316. The zero-order valence-corrected chi connectivity index (χ0v) is 11.8. The predicted octanol–water partition coefficient (Wildman–Crippen LogP) is 3.52. The number of rotatable bonds is 4. The normalized spacial score (nSPS) is 11.6. The molecule has 2 rings (SSSR count). The zero-order chi connectivity index (χ0) is 15.4. The van der Waals surface area contributed by atoms with Crippen LogP contribution in [0.25, 0.3) is 0 Å². The highest BCUT2D eigenvalue weighted by Gasteiger charge is 2.16. The Hall–Kier alpha value is -2.58. The fourth-order valence-electron chi connectivity index (χ4n) is 2.01. The van der Waals surface area contributed by atoms with Gasteiger partial charge in [-0.15, -0.1) is 0 Å².